The van der Waals surface area contributed by atoms with E-state index in [1.165, 1.54) is 29.1 Å². The third-order valence-corrected chi connectivity index (χ3v) is 4.99. The second-order valence-electron chi connectivity index (χ2n) is 6.89. The van der Waals surface area contributed by atoms with E-state index in [1.807, 2.05) is 6.20 Å². The molecule has 0 aromatic carbocycles. The quantitative estimate of drug-likeness (QED) is 0.871. The lowest BCUT2D eigenvalue weighted by atomic mass is 10.0. The van der Waals surface area contributed by atoms with Gasteiger partial charge in [0, 0.05) is 44.0 Å². The van der Waals surface area contributed by atoms with Gasteiger partial charge >= 0.3 is 0 Å². The first-order chi connectivity index (χ1) is 11.2. The molecule has 1 atom stereocenters. The van der Waals surface area contributed by atoms with Gasteiger partial charge in [-0.2, -0.15) is 0 Å². The molecule has 0 spiro atoms. The van der Waals surface area contributed by atoms with Crippen molar-refractivity contribution in [3.05, 3.63) is 47.3 Å². The summed E-state index contributed by atoms with van der Waals surface area (Å²) in [7, 11) is 0. The van der Waals surface area contributed by atoms with Crippen molar-refractivity contribution in [2.75, 3.05) is 36.0 Å². The van der Waals surface area contributed by atoms with Crippen LogP contribution in [0.4, 0.5) is 11.6 Å². The van der Waals surface area contributed by atoms with Crippen LogP contribution in [-0.2, 0) is 0 Å². The van der Waals surface area contributed by atoms with Crippen LogP contribution in [0.2, 0.25) is 0 Å². The molecule has 0 radical (unpaired) electrons. The Morgan fingerprint density at radius 2 is 1.78 bits per heavy atom. The topological polar surface area (TPSA) is 32.3 Å². The molecule has 2 saturated heterocycles. The number of aromatic nitrogens is 2. The molecule has 0 amide bonds. The fraction of sp³-hybridized carbons (Fsp3) is 0.474. The van der Waals surface area contributed by atoms with Gasteiger partial charge < -0.3 is 9.80 Å². The van der Waals surface area contributed by atoms with Crippen molar-refractivity contribution in [1.82, 2.24) is 9.97 Å². The Kier molecular flexibility index (Phi) is 3.68. The summed E-state index contributed by atoms with van der Waals surface area (Å²) in [4.78, 5) is 14.3. The number of anilines is 2. The van der Waals surface area contributed by atoms with Gasteiger partial charge in [-0.25, -0.2) is 9.97 Å². The maximum absolute atomic E-state index is 4.96. The summed E-state index contributed by atoms with van der Waals surface area (Å²) in [6.45, 7) is 8.70. The summed E-state index contributed by atoms with van der Waals surface area (Å²) >= 11 is 0. The van der Waals surface area contributed by atoms with Crippen molar-refractivity contribution in [2.24, 2.45) is 0 Å². The van der Waals surface area contributed by atoms with Gasteiger partial charge in [0.15, 0.2) is 0 Å². The Hall–Kier alpha value is -2.10. The molecule has 0 saturated carbocycles. The second-order valence-corrected chi connectivity index (χ2v) is 6.89. The molecule has 0 aliphatic carbocycles. The van der Waals surface area contributed by atoms with E-state index in [0.717, 1.165) is 38.4 Å². The Balaban J connectivity index is 1.54. The monoisotopic (exact) mass is 308 g/mol. The van der Waals surface area contributed by atoms with Crippen molar-refractivity contribution in [1.29, 1.82) is 0 Å². The molecule has 2 aromatic heterocycles. The highest BCUT2D eigenvalue weighted by Crippen LogP contribution is 2.31. The van der Waals surface area contributed by atoms with Crippen molar-refractivity contribution in [3.63, 3.8) is 0 Å². The molecule has 1 unspecified atom stereocenters. The molecule has 2 aliphatic rings. The molecule has 4 heterocycles. The molecular weight excluding hydrogens is 284 g/mol. The largest absolute Gasteiger partial charge is 0.356 e. The van der Waals surface area contributed by atoms with Crippen LogP contribution >= 0.6 is 0 Å². The van der Waals surface area contributed by atoms with E-state index < -0.39 is 0 Å². The van der Waals surface area contributed by atoms with Gasteiger partial charge in [0.1, 0.15) is 11.6 Å². The van der Waals surface area contributed by atoms with Crippen LogP contribution in [0.15, 0.2) is 30.5 Å². The van der Waals surface area contributed by atoms with Crippen LogP contribution in [0.1, 0.15) is 35.6 Å². The van der Waals surface area contributed by atoms with Crippen molar-refractivity contribution >= 4 is 11.6 Å². The smallest absolute Gasteiger partial charge is 0.129 e. The molecule has 2 aliphatic heterocycles. The van der Waals surface area contributed by atoms with Gasteiger partial charge in [0.2, 0.25) is 0 Å². The van der Waals surface area contributed by atoms with Crippen molar-refractivity contribution < 1.29 is 0 Å². The van der Waals surface area contributed by atoms with E-state index in [9.17, 15) is 0 Å². The van der Waals surface area contributed by atoms with Gasteiger partial charge in [-0.15, -0.1) is 0 Å². The highest BCUT2D eigenvalue weighted by molar-refractivity contribution is 5.47. The lowest BCUT2D eigenvalue weighted by Gasteiger charge is -2.32. The van der Waals surface area contributed by atoms with Crippen molar-refractivity contribution in [3.8, 4) is 0 Å². The summed E-state index contributed by atoms with van der Waals surface area (Å²) in [5.74, 6) is 2.78. The van der Waals surface area contributed by atoms with Crippen LogP contribution < -0.4 is 9.80 Å². The number of nitrogens with zero attached hydrogens (tertiary/aromatic N) is 4. The first-order valence-corrected chi connectivity index (χ1v) is 8.60. The Morgan fingerprint density at radius 3 is 2.52 bits per heavy atom. The lowest BCUT2D eigenvalue weighted by molar-refractivity contribution is 0.605. The fourth-order valence-corrected chi connectivity index (χ4v) is 3.49. The maximum Gasteiger partial charge on any atom is 0.129 e. The van der Waals surface area contributed by atoms with E-state index in [1.54, 1.807) is 0 Å². The zero-order chi connectivity index (χ0) is 15.8. The van der Waals surface area contributed by atoms with Crippen molar-refractivity contribution in [2.45, 2.75) is 32.6 Å². The molecule has 0 N–H and O–H groups in total. The molecule has 0 bridgehead atoms. The molecule has 4 rings (SSSR count). The Bertz CT molecular complexity index is 708. The summed E-state index contributed by atoms with van der Waals surface area (Å²) in [6, 6.07) is 8.72. The summed E-state index contributed by atoms with van der Waals surface area (Å²) < 4.78 is 0. The number of hydrogen-bond donors (Lipinski definition) is 0. The van der Waals surface area contributed by atoms with Gasteiger partial charge in [0.25, 0.3) is 0 Å². The van der Waals surface area contributed by atoms with Crippen LogP contribution in [0, 0.1) is 13.8 Å². The predicted octanol–water partition coefficient (Wildman–Crippen LogP) is 3.30. The summed E-state index contributed by atoms with van der Waals surface area (Å²) in [6.07, 6.45) is 4.36. The normalized spacial score (nSPS) is 20.7. The maximum atomic E-state index is 4.96. The van der Waals surface area contributed by atoms with E-state index in [2.05, 4.69) is 52.9 Å². The standard InChI is InChI=1S/C19H24N4/c1-14-4-6-20-18(11-14)23-9-5-16(13-23)17-10-15(2)12-19(21-17)22-7-3-8-22/h4,6,10-12,16H,3,5,7-9,13H2,1-2H3. The fourth-order valence-electron chi connectivity index (χ4n) is 3.49. The zero-order valence-electron chi connectivity index (χ0n) is 14.0. The number of hydrogen-bond acceptors (Lipinski definition) is 4. The first kappa shape index (κ1) is 14.5. The number of aryl methyl sites for hydroxylation is 2. The third-order valence-electron chi connectivity index (χ3n) is 4.99. The average molecular weight is 308 g/mol. The average Bonchev–Trinajstić information content (AvgIpc) is 2.94. The van der Waals surface area contributed by atoms with Gasteiger partial charge in [0.05, 0.1) is 0 Å². The van der Waals surface area contributed by atoms with E-state index in [4.69, 9.17) is 4.98 Å². The SMILES string of the molecule is Cc1ccnc(N2CCC(c3cc(C)cc(N4CCC4)n3)C2)c1. The lowest BCUT2D eigenvalue weighted by Crippen LogP contribution is -2.37. The Morgan fingerprint density at radius 1 is 0.957 bits per heavy atom. The highest BCUT2D eigenvalue weighted by atomic mass is 15.2. The van der Waals surface area contributed by atoms with Gasteiger partial charge in [-0.3, -0.25) is 0 Å². The Labute approximate surface area is 138 Å². The first-order valence-electron chi connectivity index (χ1n) is 8.60. The summed E-state index contributed by atoms with van der Waals surface area (Å²) in [5, 5.41) is 0. The molecule has 4 heteroatoms. The molecule has 2 aromatic rings. The van der Waals surface area contributed by atoms with E-state index >= 15 is 0 Å². The summed E-state index contributed by atoms with van der Waals surface area (Å²) in [5.41, 5.74) is 3.85. The van der Waals surface area contributed by atoms with Crippen LogP contribution in [-0.4, -0.2) is 36.1 Å². The minimum atomic E-state index is 0.511. The van der Waals surface area contributed by atoms with Gasteiger partial charge in [-0.05, 0) is 62.1 Å². The number of rotatable bonds is 3. The van der Waals surface area contributed by atoms with Crippen LogP contribution in [0.25, 0.3) is 0 Å². The predicted molar refractivity (Wildman–Crippen MR) is 94.3 cm³/mol. The molecular formula is C19H24N4. The number of pyridine rings is 2. The van der Waals surface area contributed by atoms with E-state index in [-0.39, 0.29) is 0 Å². The second kappa shape index (κ2) is 5.84. The third kappa shape index (κ3) is 2.90. The van der Waals surface area contributed by atoms with Crippen LogP contribution in [0.5, 0.6) is 0 Å². The minimum Gasteiger partial charge on any atom is -0.356 e. The van der Waals surface area contributed by atoms with Crippen LogP contribution in [0.3, 0.4) is 0 Å². The minimum absolute atomic E-state index is 0.511. The molecule has 4 nitrogen and oxygen atoms in total. The van der Waals surface area contributed by atoms with Gasteiger partial charge in [-0.1, -0.05) is 0 Å². The molecule has 23 heavy (non-hydrogen) atoms. The highest BCUT2D eigenvalue weighted by Gasteiger charge is 2.27. The van der Waals surface area contributed by atoms with E-state index in [0.29, 0.717) is 5.92 Å². The molecule has 2 fully saturated rings. The molecule has 120 valence electrons. The zero-order valence-corrected chi connectivity index (χ0v) is 14.0.